The number of aromatic nitrogens is 2. The fourth-order valence-electron chi connectivity index (χ4n) is 4.71. The lowest BCUT2D eigenvalue weighted by Crippen LogP contribution is -2.52. The molecule has 3 aromatic rings. The van der Waals surface area contributed by atoms with Crippen LogP contribution in [0.4, 0.5) is 4.39 Å². The van der Waals surface area contributed by atoms with Crippen LogP contribution in [0.25, 0.3) is 11.8 Å². The van der Waals surface area contributed by atoms with E-state index in [-0.39, 0.29) is 5.82 Å². The zero-order valence-corrected chi connectivity index (χ0v) is 18.8. The highest BCUT2D eigenvalue weighted by Crippen LogP contribution is 2.47. The lowest BCUT2D eigenvalue weighted by Gasteiger charge is -2.42. The molecule has 3 aliphatic rings. The lowest BCUT2D eigenvalue weighted by atomic mass is 9.93. The molecule has 6 rings (SSSR count). The first-order valence-corrected chi connectivity index (χ1v) is 11.1. The zero-order chi connectivity index (χ0) is 23.3. The van der Waals surface area contributed by atoms with Crippen LogP contribution in [0, 0.1) is 12.7 Å². The Labute approximate surface area is 195 Å². The quantitative estimate of drug-likeness (QED) is 0.587. The number of oxime groups is 1. The molecule has 0 bridgehead atoms. The van der Waals surface area contributed by atoms with Crippen LogP contribution in [-0.2, 0) is 15.3 Å². The fourth-order valence-corrected chi connectivity index (χ4v) is 4.71. The van der Waals surface area contributed by atoms with Crippen LogP contribution in [0.5, 0.6) is 11.5 Å². The molecule has 1 fully saturated rings. The van der Waals surface area contributed by atoms with Gasteiger partial charge in [0.2, 0.25) is 11.6 Å². The second kappa shape index (κ2) is 7.79. The van der Waals surface area contributed by atoms with Crippen LogP contribution in [0.15, 0.2) is 59.8 Å². The molecule has 3 aliphatic heterocycles. The summed E-state index contributed by atoms with van der Waals surface area (Å²) in [6, 6.07) is 10.4. The molecule has 4 heterocycles. The van der Waals surface area contributed by atoms with Crippen molar-refractivity contribution >= 4 is 11.9 Å². The van der Waals surface area contributed by atoms with Crippen molar-refractivity contribution < 1.29 is 23.4 Å². The Kier molecular flexibility index (Phi) is 4.72. The number of benzene rings is 2. The molecule has 174 valence electrons. The molecular weight excluding hydrogens is 439 g/mol. The van der Waals surface area contributed by atoms with Gasteiger partial charge in [-0.25, -0.2) is 9.37 Å². The summed E-state index contributed by atoms with van der Waals surface area (Å²) in [5.41, 5.74) is 2.43. The minimum atomic E-state index is -0.908. The third-order valence-corrected chi connectivity index (χ3v) is 6.32. The molecule has 0 N–H and O–H groups in total. The van der Waals surface area contributed by atoms with E-state index in [4.69, 9.17) is 19.0 Å². The van der Waals surface area contributed by atoms with Crippen LogP contribution in [0.1, 0.15) is 23.2 Å². The maximum Gasteiger partial charge on any atom is 0.244 e. The Hall–Kier alpha value is -4.01. The van der Waals surface area contributed by atoms with Crippen molar-refractivity contribution in [3.8, 4) is 17.2 Å². The number of methoxy groups -OCH3 is 1. The molecule has 2 aromatic carbocycles. The number of rotatable bonds is 3. The predicted molar refractivity (Wildman–Crippen MR) is 122 cm³/mol. The van der Waals surface area contributed by atoms with Crippen molar-refractivity contribution in [3.05, 3.63) is 77.3 Å². The second-order valence-electron chi connectivity index (χ2n) is 8.39. The average Bonchev–Trinajstić information content (AvgIpc) is 3.45. The number of aryl methyl sites for hydroxylation is 1. The van der Waals surface area contributed by atoms with Gasteiger partial charge in [0.05, 0.1) is 43.5 Å². The number of fused-ring (bicyclic) bond motifs is 4. The number of halogens is 1. The molecule has 9 heteroatoms. The van der Waals surface area contributed by atoms with Gasteiger partial charge in [-0.2, -0.15) is 0 Å². The molecule has 0 saturated carbocycles. The Balaban J connectivity index is 1.34. The third-order valence-electron chi connectivity index (χ3n) is 6.32. The van der Waals surface area contributed by atoms with Gasteiger partial charge in [-0.3, -0.25) is 0 Å². The highest BCUT2D eigenvalue weighted by molar-refractivity contribution is 6.01. The largest absolute Gasteiger partial charge is 0.495 e. The molecule has 8 nitrogen and oxygen atoms in total. The number of ether oxygens (including phenoxy) is 3. The van der Waals surface area contributed by atoms with E-state index < -0.39 is 5.72 Å². The maximum absolute atomic E-state index is 14.1. The SMILES string of the molecule is COc1cc(/C=C2/OCCN3C2=NO[C@]32CCOc3ccc(F)cc32)ccc1-n1cnc(C)c1. The van der Waals surface area contributed by atoms with Crippen LogP contribution >= 0.6 is 0 Å². The van der Waals surface area contributed by atoms with Gasteiger partial charge >= 0.3 is 0 Å². The first-order chi connectivity index (χ1) is 16.6. The van der Waals surface area contributed by atoms with E-state index in [1.807, 2.05) is 46.9 Å². The summed E-state index contributed by atoms with van der Waals surface area (Å²) in [7, 11) is 1.64. The molecule has 1 atom stereocenters. The van der Waals surface area contributed by atoms with Crippen molar-refractivity contribution in [2.24, 2.45) is 5.16 Å². The normalized spacial score (nSPS) is 21.9. The molecule has 0 aliphatic carbocycles. The molecule has 1 saturated heterocycles. The number of hydrogen-bond donors (Lipinski definition) is 0. The van der Waals surface area contributed by atoms with Gasteiger partial charge in [0, 0.05) is 12.6 Å². The van der Waals surface area contributed by atoms with Gasteiger partial charge in [0.25, 0.3) is 0 Å². The smallest absolute Gasteiger partial charge is 0.244 e. The summed E-state index contributed by atoms with van der Waals surface area (Å²) in [6.07, 6.45) is 6.13. The van der Waals surface area contributed by atoms with Gasteiger partial charge in [0.1, 0.15) is 23.9 Å². The van der Waals surface area contributed by atoms with Crippen molar-refractivity contribution in [1.82, 2.24) is 14.5 Å². The Morgan fingerprint density at radius 1 is 1.15 bits per heavy atom. The minimum absolute atomic E-state index is 0.343. The van der Waals surface area contributed by atoms with Gasteiger partial charge in [0.15, 0.2) is 5.76 Å². The molecular formula is C25H23FN4O4. The number of imidazole rings is 1. The Morgan fingerprint density at radius 2 is 2.06 bits per heavy atom. The van der Waals surface area contributed by atoms with E-state index in [2.05, 4.69) is 10.1 Å². The Bertz CT molecular complexity index is 1330. The molecule has 0 amide bonds. The van der Waals surface area contributed by atoms with Crippen molar-refractivity contribution in [2.75, 3.05) is 26.9 Å². The van der Waals surface area contributed by atoms with Crippen LogP contribution in [0.2, 0.25) is 0 Å². The summed E-state index contributed by atoms with van der Waals surface area (Å²) in [5.74, 6) is 2.13. The van der Waals surface area contributed by atoms with Crippen LogP contribution in [0.3, 0.4) is 0 Å². The second-order valence-corrected chi connectivity index (χ2v) is 8.39. The van der Waals surface area contributed by atoms with E-state index in [9.17, 15) is 4.39 Å². The van der Waals surface area contributed by atoms with E-state index >= 15 is 0 Å². The van der Waals surface area contributed by atoms with E-state index in [0.717, 1.165) is 16.9 Å². The predicted octanol–water partition coefficient (Wildman–Crippen LogP) is 3.98. The van der Waals surface area contributed by atoms with Gasteiger partial charge in [-0.1, -0.05) is 11.2 Å². The topological polar surface area (TPSA) is 70.3 Å². The Morgan fingerprint density at radius 3 is 2.88 bits per heavy atom. The lowest BCUT2D eigenvalue weighted by molar-refractivity contribution is -0.132. The molecule has 0 unspecified atom stereocenters. The fraction of sp³-hybridized carbons (Fsp3) is 0.280. The summed E-state index contributed by atoms with van der Waals surface area (Å²) < 4.78 is 33.4. The minimum Gasteiger partial charge on any atom is -0.495 e. The molecule has 0 radical (unpaired) electrons. The summed E-state index contributed by atoms with van der Waals surface area (Å²) in [5, 5.41) is 4.38. The first-order valence-electron chi connectivity index (χ1n) is 11.1. The number of nitrogens with zero attached hydrogens (tertiary/aromatic N) is 4. The highest BCUT2D eigenvalue weighted by Gasteiger charge is 2.53. The highest BCUT2D eigenvalue weighted by atomic mass is 19.1. The summed E-state index contributed by atoms with van der Waals surface area (Å²) in [4.78, 5) is 12.3. The van der Waals surface area contributed by atoms with Gasteiger partial charge in [-0.05, 0) is 48.9 Å². The number of hydrogen-bond acceptors (Lipinski definition) is 7. The molecule has 1 spiro atoms. The van der Waals surface area contributed by atoms with Crippen LogP contribution in [-0.4, -0.2) is 47.2 Å². The third kappa shape index (κ3) is 3.19. The first kappa shape index (κ1) is 20.6. The van der Waals surface area contributed by atoms with Crippen LogP contribution < -0.4 is 9.47 Å². The van der Waals surface area contributed by atoms with Gasteiger partial charge in [-0.15, -0.1) is 0 Å². The number of morpholine rings is 1. The van der Waals surface area contributed by atoms with Crippen molar-refractivity contribution in [3.63, 3.8) is 0 Å². The molecule has 34 heavy (non-hydrogen) atoms. The van der Waals surface area contributed by atoms with Gasteiger partial charge < -0.3 is 28.5 Å². The standard InChI is InChI=1S/C25H23FN4O4/c1-16-14-29(15-27-16)20-5-3-17(11-22(20)31-2)12-23-24-28-34-25(30(24)8-10-33-23)7-9-32-21-6-4-18(26)13-19(21)25/h3-6,11-15H,7-10H2,1-2H3/b23-12+/t25-/m0/s1. The zero-order valence-electron chi connectivity index (χ0n) is 18.8. The monoisotopic (exact) mass is 462 g/mol. The number of amidine groups is 1. The van der Waals surface area contributed by atoms with Crippen molar-refractivity contribution in [2.45, 2.75) is 19.1 Å². The average molecular weight is 462 g/mol. The van der Waals surface area contributed by atoms with E-state index in [0.29, 0.717) is 54.8 Å². The van der Waals surface area contributed by atoms with E-state index in [1.54, 1.807) is 19.5 Å². The molecule has 1 aromatic heterocycles. The van der Waals surface area contributed by atoms with E-state index in [1.165, 1.54) is 12.1 Å². The van der Waals surface area contributed by atoms with Crippen molar-refractivity contribution in [1.29, 1.82) is 0 Å². The maximum atomic E-state index is 14.1. The summed E-state index contributed by atoms with van der Waals surface area (Å²) in [6.45, 7) is 3.40. The summed E-state index contributed by atoms with van der Waals surface area (Å²) >= 11 is 0.